The van der Waals surface area contributed by atoms with Crippen LogP contribution in [0.4, 0.5) is 4.79 Å². The highest BCUT2D eigenvalue weighted by atomic mass is 79.9. The van der Waals surface area contributed by atoms with Gasteiger partial charge in [0.2, 0.25) is 5.91 Å². The Kier molecular flexibility index (Phi) is 3.61. The summed E-state index contributed by atoms with van der Waals surface area (Å²) >= 11 is 3.35. The first-order chi connectivity index (χ1) is 8.60. The van der Waals surface area contributed by atoms with Gasteiger partial charge in [-0.1, -0.05) is 0 Å². The van der Waals surface area contributed by atoms with Gasteiger partial charge in [0.1, 0.15) is 12.3 Å². The number of nitrogens with one attached hydrogen (secondary N) is 1. The number of methoxy groups -OCH3 is 1. The SMILES string of the molecule is COc1ccc(/C=N\N2CC(=O)NC2=O)cc1Br. The van der Waals surface area contributed by atoms with Crippen molar-refractivity contribution in [1.82, 2.24) is 10.3 Å². The molecule has 0 radical (unpaired) electrons. The lowest BCUT2D eigenvalue weighted by Crippen LogP contribution is -2.24. The van der Waals surface area contributed by atoms with E-state index in [1.165, 1.54) is 6.21 Å². The molecule has 0 atom stereocenters. The molecule has 0 saturated carbocycles. The van der Waals surface area contributed by atoms with Gasteiger partial charge in [0, 0.05) is 0 Å². The number of benzene rings is 1. The number of carbonyl (C=O) groups excluding carboxylic acids is 2. The molecule has 7 heteroatoms. The van der Waals surface area contributed by atoms with Crippen LogP contribution in [-0.2, 0) is 4.79 Å². The van der Waals surface area contributed by atoms with Gasteiger partial charge in [0.15, 0.2) is 0 Å². The minimum Gasteiger partial charge on any atom is -0.496 e. The summed E-state index contributed by atoms with van der Waals surface area (Å²) in [5.41, 5.74) is 0.787. The van der Waals surface area contributed by atoms with E-state index in [9.17, 15) is 9.59 Å². The van der Waals surface area contributed by atoms with Crippen molar-refractivity contribution in [3.63, 3.8) is 0 Å². The lowest BCUT2D eigenvalue weighted by atomic mass is 10.2. The molecule has 0 aromatic heterocycles. The summed E-state index contributed by atoms with van der Waals surface area (Å²) in [5.74, 6) is 0.356. The van der Waals surface area contributed by atoms with E-state index in [2.05, 4.69) is 26.3 Å². The number of hydrogen-bond acceptors (Lipinski definition) is 4. The molecule has 0 bridgehead atoms. The number of ether oxygens (including phenoxy) is 1. The molecule has 1 aromatic carbocycles. The van der Waals surface area contributed by atoms with Crippen LogP contribution in [-0.4, -0.2) is 36.8 Å². The van der Waals surface area contributed by atoms with Crippen LogP contribution < -0.4 is 10.1 Å². The fourth-order valence-corrected chi connectivity index (χ4v) is 1.98. The third-order valence-corrected chi connectivity index (χ3v) is 2.92. The zero-order valence-corrected chi connectivity index (χ0v) is 11.1. The van der Waals surface area contributed by atoms with Crippen molar-refractivity contribution < 1.29 is 14.3 Å². The maximum atomic E-state index is 11.2. The maximum absolute atomic E-state index is 11.2. The topological polar surface area (TPSA) is 71.0 Å². The Labute approximate surface area is 112 Å². The normalized spacial score (nSPS) is 15.3. The van der Waals surface area contributed by atoms with Gasteiger partial charge in [-0.05, 0) is 39.7 Å². The zero-order chi connectivity index (χ0) is 13.1. The molecule has 0 unspecified atom stereocenters. The molecule has 2 rings (SSSR count). The summed E-state index contributed by atoms with van der Waals surface area (Å²) in [7, 11) is 1.58. The minimum absolute atomic E-state index is 0.0490. The molecular weight excluding hydrogens is 302 g/mol. The van der Waals surface area contributed by atoms with E-state index in [1.807, 2.05) is 0 Å². The van der Waals surface area contributed by atoms with Gasteiger partial charge in [-0.3, -0.25) is 10.1 Å². The van der Waals surface area contributed by atoms with Gasteiger partial charge in [0.05, 0.1) is 17.8 Å². The highest BCUT2D eigenvalue weighted by Gasteiger charge is 2.25. The summed E-state index contributed by atoms with van der Waals surface area (Å²) in [6, 6.07) is 4.87. The third kappa shape index (κ3) is 2.67. The second kappa shape index (κ2) is 5.18. The zero-order valence-electron chi connectivity index (χ0n) is 9.51. The molecule has 94 valence electrons. The van der Waals surface area contributed by atoms with E-state index in [-0.39, 0.29) is 12.5 Å². The average molecular weight is 312 g/mol. The highest BCUT2D eigenvalue weighted by molar-refractivity contribution is 9.10. The monoisotopic (exact) mass is 311 g/mol. The molecule has 1 saturated heterocycles. The van der Waals surface area contributed by atoms with Crippen LogP contribution in [0.5, 0.6) is 5.75 Å². The molecule has 1 fully saturated rings. The Morgan fingerprint density at radius 1 is 1.50 bits per heavy atom. The maximum Gasteiger partial charge on any atom is 0.344 e. The molecule has 1 aliphatic rings. The van der Waals surface area contributed by atoms with Gasteiger partial charge in [-0.25, -0.2) is 9.80 Å². The quantitative estimate of drug-likeness (QED) is 0.676. The smallest absolute Gasteiger partial charge is 0.344 e. The van der Waals surface area contributed by atoms with Crippen LogP contribution >= 0.6 is 15.9 Å². The van der Waals surface area contributed by atoms with Gasteiger partial charge in [-0.15, -0.1) is 0 Å². The Balaban J connectivity index is 2.12. The predicted octanol–water partition coefficient (Wildman–Crippen LogP) is 1.34. The summed E-state index contributed by atoms with van der Waals surface area (Å²) in [5, 5.41) is 7.14. The van der Waals surface area contributed by atoms with Crippen molar-refractivity contribution in [3.05, 3.63) is 28.2 Å². The lowest BCUT2D eigenvalue weighted by molar-refractivity contribution is -0.118. The van der Waals surface area contributed by atoms with Crippen molar-refractivity contribution in [3.8, 4) is 5.75 Å². The van der Waals surface area contributed by atoms with Gasteiger partial charge >= 0.3 is 6.03 Å². The van der Waals surface area contributed by atoms with Crippen molar-refractivity contribution in [2.45, 2.75) is 0 Å². The average Bonchev–Trinajstić information content (AvgIpc) is 2.65. The number of amides is 3. The standard InChI is InChI=1S/C11H10BrN3O3/c1-18-9-3-2-7(4-8(9)12)5-13-15-6-10(16)14-11(15)17/h2-5H,6H2,1H3,(H,14,16,17)/b13-5-. The van der Waals surface area contributed by atoms with E-state index >= 15 is 0 Å². The predicted molar refractivity (Wildman–Crippen MR) is 68.5 cm³/mol. The van der Waals surface area contributed by atoms with E-state index in [1.54, 1.807) is 25.3 Å². The van der Waals surface area contributed by atoms with Gasteiger partial charge in [-0.2, -0.15) is 5.10 Å². The third-order valence-electron chi connectivity index (χ3n) is 2.30. The number of rotatable bonds is 3. The van der Waals surface area contributed by atoms with Crippen LogP contribution in [0.3, 0.4) is 0 Å². The number of imide groups is 1. The van der Waals surface area contributed by atoms with E-state index < -0.39 is 6.03 Å². The van der Waals surface area contributed by atoms with Gasteiger partial charge in [0.25, 0.3) is 0 Å². The first-order valence-electron chi connectivity index (χ1n) is 5.09. The second-order valence-corrected chi connectivity index (χ2v) is 4.40. The van der Waals surface area contributed by atoms with Crippen LogP contribution in [0.2, 0.25) is 0 Å². The van der Waals surface area contributed by atoms with Crippen molar-refractivity contribution in [2.75, 3.05) is 13.7 Å². The summed E-state index contributed by atoms with van der Waals surface area (Å²) in [4.78, 5) is 22.2. The Bertz CT molecular complexity index is 530. The summed E-state index contributed by atoms with van der Waals surface area (Å²) in [6.45, 7) is -0.0490. The number of halogens is 1. The van der Waals surface area contributed by atoms with E-state index in [0.29, 0.717) is 5.75 Å². The summed E-state index contributed by atoms with van der Waals surface area (Å²) in [6.07, 6.45) is 1.50. The molecule has 1 aliphatic heterocycles. The van der Waals surface area contributed by atoms with Crippen LogP contribution in [0.1, 0.15) is 5.56 Å². The van der Waals surface area contributed by atoms with Crippen LogP contribution in [0.25, 0.3) is 0 Å². The number of urea groups is 1. The molecule has 0 spiro atoms. The first-order valence-corrected chi connectivity index (χ1v) is 5.88. The number of nitrogens with zero attached hydrogens (tertiary/aromatic N) is 2. The molecule has 1 aromatic rings. The van der Waals surface area contributed by atoms with Crippen molar-refractivity contribution >= 4 is 34.1 Å². The fraction of sp³-hybridized carbons (Fsp3) is 0.182. The second-order valence-electron chi connectivity index (χ2n) is 3.55. The molecule has 1 N–H and O–H groups in total. The molecular formula is C11H10BrN3O3. The Morgan fingerprint density at radius 2 is 2.28 bits per heavy atom. The highest BCUT2D eigenvalue weighted by Crippen LogP contribution is 2.24. The van der Waals surface area contributed by atoms with Gasteiger partial charge < -0.3 is 4.74 Å². The summed E-state index contributed by atoms with van der Waals surface area (Å²) < 4.78 is 5.89. The first kappa shape index (κ1) is 12.6. The molecule has 6 nitrogen and oxygen atoms in total. The van der Waals surface area contributed by atoms with Crippen molar-refractivity contribution in [1.29, 1.82) is 0 Å². The molecule has 3 amide bonds. The minimum atomic E-state index is -0.510. The van der Waals surface area contributed by atoms with E-state index in [0.717, 1.165) is 15.0 Å². The number of carbonyl (C=O) groups is 2. The van der Waals surface area contributed by atoms with Crippen molar-refractivity contribution in [2.24, 2.45) is 5.10 Å². The fourth-order valence-electron chi connectivity index (χ4n) is 1.42. The van der Waals surface area contributed by atoms with Crippen LogP contribution in [0.15, 0.2) is 27.8 Å². The van der Waals surface area contributed by atoms with Crippen LogP contribution in [0, 0.1) is 0 Å². The molecule has 0 aliphatic carbocycles. The number of hydrogen-bond donors (Lipinski definition) is 1. The molecule has 18 heavy (non-hydrogen) atoms. The number of hydrazone groups is 1. The Morgan fingerprint density at radius 3 is 2.83 bits per heavy atom. The Hall–Kier alpha value is -1.89. The van der Waals surface area contributed by atoms with E-state index in [4.69, 9.17) is 4.74 Å². The lowest BCUT2D eigenvalue weighted by Gasteiger charge is -2.05. The molecule has 1 heterocycles. The largest absolute Gasteiger partial charge is 0.496 e.